The molecule has 10 heavy (non-hydrogen) atoms. The minimum absolute atomic E-state index is 0.245. The van der Waals surface area contributed by atoms with Crippen LogP contribution in [0.3, 0.4) is 0 Å². The Labute approximate surface area is 61.3 Å². The highest BCUT2D eigenvalue weighted by Crippen LogP contribution is 1.93. The summed E-state index contributed by atoms with van der Waals surface area (Å²) >= 11 is 0. The first-order chi connectivity index (χ1) is 4.68. The number of hydrogen-bond acceptors (Lipinski definition) is 0. The molecule has 0 aliphatic heterocycles. The van der Waals surface area contributed by atoms with E-state index < -0.39 is 0 Å². The Morgan fingerprint density at radius 1 is 1.50 bits per heavy atom. The fraction of sp³-hybridized carbons (Fsp3) is 0.500. The maximum atomic E-state index is 11.2. The van der Waals surface area contributed by atoms with Gasteiger partial charge in [0.2, 0.25) is 0 Å². The molecule has 0 rings (SSSR count). The van der Waals surface area contributed by atoms with Crippen molar-refractivity contribution in [3.63, 3.8) is 0 Å². The number of allylic oxidation sites excluding steroid dienone is 2. The van der Waals surface area contributed by atoms with Gasteiger partial charge in [0.05, 0.1) is 12.2 Å². The predicted molar refractivity (Wildman–Crippen MR) is 41.1 cm³/mol. The second-order valence-electron chi connectivity index (χ2n) is 1.64. The van der Waals surface area contributed by atoms with E-state index in [0.29, 0.717) is 12.8 Å². The minimum Gasteiger partial charge on any atom is -0.216 e. The van der Waals surface area contributed by atoms with Gasteiger partial charge in [-0.3, -0.25) is 0 Å². The lowest BCUT2D eigenvalue weighted by Gasteiger charge is -1.74. The maximum Gasteiger partial charge on any atom is 0.0925 e. The van der Waals surface area contributed by atoms with Gasteiger partial charge in [-0.05, 0) is 12.8 Å². The summed E-state index contributed by atoms with van der Waals surface area (Å²) in [5, 5.41) is 0. The Morgan fingerprint density at radius 3 is 1.90 bits per heavy atom. The van der Waals surface area contributed by atoms with Crippen LogP contribution in [-0.4, -0.2) is 0 Å². The Balaban J connectivity index is 0. The number of hydrogen-bond donors (Lipinski definition) is 0. The lowest BCUT2D eigenvalue weighted by atomic mass is 10.5. The Morgan fingerprint density at radius 2 is 1.90 bits per heavy atom. The third-order valence-electron chi connectivity index (χ3n) is 0.708. The van der Waals surface area contributed by atoms with Crippen LogP contribution >= 0.6 is 0 Å². The topological polar surface area (TPSA) is 0 Å². The molecule has 0 aliphatic rings. The van der Waals surface area contributed by atoms with Gasteiger partial charge in [0.15, 0.2) is 0 Å². The highest BCUT2D eigenvalue weighted by Gasteiger charge is 1.73. The summed E-state index contributed by atoms with van der Waals surface area (Å²) in [6, 6.07) is 0. The minimum atomic E-state index is -0.245. The zero-order chi connectivity index (χ0) is 8.41. The van der Waals surface area contributed by atoms with E-state index in [2.05, 4.69) is 6.58 Å². The van der Waals surface area contributed by atoms with Crippen molar-refractivity contribution in [3.8, 4) is 0 Å². The molecular weight excluding hydrogens is 134 g/mol. The molecule has 0 bridgehead atoms. The molecular formula is C8H14F2. The third-order valence-corrected chi connectivity index (χ3v) is 0.708. The second-order valence-corrected chi connectivity index (χ2v) is 1.64. The number of halogens is 2. The molecule has 60 valence electrons. The van der Waals surface area contributed by atoms with E-state index in [1.807, 2.05) is 6.92 Å². The van der Waals surface area contributed by atoms with Crippen molar-refractivity contribution in [2.75, 3.05) is 0 Å². The Hall–Kier alpha value is -0.660. The van der Waals surface area contributed by atoms with E-state index in [-0.39, 0.29) is 5.83 Å². The van der Waals surface area contributed by atoms with Crippen LogP contribution in [-0.2, 0) is 0 Å². The molecule has 0 aromatic heterocycles. The summed E-state index contributed by atoms with van der Waals surface area (Å²) in [5.41, 5.74) is 0. The van der Waals surface area contributed by atoms with Crippen LogP contribution in [0.15, 0.2) is 24.8 Å². The van der Waals surface area contributed by atoms with E-state index in [0.717, 1.165) is 6.42 Å². The molecule has 0 atom stereocenters. The van der Waals surface area contributed by atoms with Crippen LogP contribution in [0.4, 0.5) is 8.78 Å². The summed E-state index contributed by atoms with van der Waals surface area (Å²) in [4.78, 5) is 0. The smallest absolute Gasteiger partial charge is 0.0925 e. The molecule has 0 nitrogen and oxygen atoms in total. The molecule has 0 unspecified atom stereocenters. The van der Waals surface area contributed by atoms with E-state index >= 15 is 0 Å². The normalized spacial score (nSPS) is 8.80. The van der Waals surface area contributed by atoms with E-state index in [1.54, 1.807) is 6.92 Å². The van der Waals surface area contributed by atoms with Gasteiger partial charge in [-0.15, -0.1) is 0 Å². The van der Waals surface area contributed by atoms with Gasteiger partial charge in [-0.1, -0.05) is 26.5 Å². The molecule has 0 aromatic carbocycles. The molecule has 0 radical (unpaired) electrons. The molecule has 0 aliphatic carbocycles. The lowest BCUT2D eigenvalue weighted by Crippen LogP contribution is -1.55. The molecule has 0 saturated carbocycles. The van der Waals surface area contributed by atoms with Crippen molar-refractivity contribution in [2.45, 2.75) is 26.7 Å². The first-order valence-electron chi connectivity index (χ1n) is 3.27. The average molecular weight is 148 g/mol. The van der Waals surface area contributed by atoms with E-state index in [9.17, 15) is 8.78 Å². The summed E-state index contributed by atoms with van der Waals surface area (Å²) in [6.07, 6.45) is 3.25. The van der Waals surface area contributed by atoms with Crippen molar-refractivity contribution in [1.82, 2.24) is 0 Å². The molecule has 0 saturated heterocycles. The molecule has 0 heterocycles. The van der Waals surface area contributed by atoms with Gasteiger partial charge in [0.25, 0.3) is 0 Å². The fourth-order valence-electron chi connectivity index (χ4n) is 0.0891. The van der Waals surface area contributed by atoms with Gasteiger partial charge in [0.1, 0.15) is 0 Å². The van der Waals surface area contributed by atoms with Gasteiger partial charge in [-0.2, -0.15) is 0 Å². The highest BCUT2D eigenvalue weighted by molar-refractivity contribution is 4.75. The van der Waals surface area contributed by atoms with E-state index in [1.165, 1.54) is 6.08 Å². The average Bonchev–Trinajstić information content (AvgIpc) is 1.91. The highest BCUT2D eigenvalue weighted by atomic mass is 19.1. The second kappa shape index (κ2) is 11.2. The van der Waals surface area contributed by atoms with Crippen molar-refractivity contribution >= 4 is 0 Å². The Kier molecular flexibility index (Phi) is 13.5. The lowest BCUT2D eigenvalue weighted by molar-refractivity contribution is 0.609. The maximum absolute atomic E-state index is 11.2. The third kappa shape index (κ3) is 26.4. The zero-order valence-electron chi connectivity index (χ0n) is 6.53. The van der Waals surface area contributed by atoms with Crippen LogP contribution in [0.5, 0.6) is 0 Å². The van der Waals surface area contributed by atoms with Crippen LogP contribution in [0.2, 0.25) is 0 Å². The van der Waals surface area contributed by atoms with Gasteiger partial charge >= 0.3 is 0 Å². The summed E-state index contributed by atoms with van der Waals surface area (Å²) in [6.45, 7) is 6.62. The fourth-order valence-corrected chi connectivity index (χ4v) is 0.0891. The van der Waals surface area contributed by atoms with Crippen molar-refractivity contribution in [2.24, 2.45) is 0 Å². The quantitative estimate of drug-likeness (QED) is 0.559. The summed E-state index contributed by atoms with van der Waals surface area (Å²) < 4.78 is 22.0. The van der Waals surface area contributed by atoms with Gasteiger partial charge in [0, 0.05) is 0 Å². The van der Waals surface area contributed by atoms with Crippen LogP contribution < -0.4 is 0 Å². The van der Waals surface area contributed by atoms with Crippen molar-refractivity contribution in [3.05, 3.63) is 24.8 Å². The van der Waals surface area contributed by atoms with Crippen molar-refractivity contribution < 1.29 is 8.78 Å². The van der Waals surface area contributed by atoms with Crippen molar-refractivity contribution in [1.29, 1.82) is 0 Å². The monoisotopic (exact) mass is 148 g/mol. The first-order valence-corrected chi connectivity index (χ1v) is 3.27. The largest absolute Gasteiger partial charge is 0.216 e. The van der Waals surface area contributed by atoms with Crippen LogP contribution in [0.1, 0.15) is 26.7 Å². The Bertz CT molecular complexity index is 95.4. The van der Waals surface area contributed by atoms with E-state index in [4.69, 9.17) is 0 Å². The van der Waals surface area contributed by atoms with Gasteiger partial charge in [-0.25, -0.2) is 8.78 Å². The predicted octanol–water partition coefficient (Wildman–Crippen LogP) is 3.76. The molecule has 0 aromatic rings. The molecule has 0 N–H and O–H groups in total. The number of rotatable bonds is 2. The van der Waals surface area contributed by atoms with Crippen LogP contribution in [0.25, 0.3) is 0 Å². The standard InChI is InChI=1S/2C4H7F/c1-3-4(2)5;1-2-3-4-5/h2-3H2,1H3;3-4H,2H2,1H3. The molecule has 0 spiro atoms. The summed E-state index contributed by atoms with van der Waals surface area (Å²) in [5.74, 6) is -0.245. The van der Waals surface area contributed by atoms with Crippen LogP contribution in [0, 0.1) is 0 Å². The molecule has 0 amide bonds. The zero-order valence-corrected chi connectivity index (χ0v) is 6.53. The first kappa shape index (κ1) is 12.1. The molecule has 0 fully saturated rings. The SMILES string of the molecule is C=C(F)CC.CCC=CF. The summed E-state index contributed by atoms with van der Waals surface area (Å²) in [7, 11) is 0. The van der Waals surface area contributed by atoms with Gasteiger partial charge < -0.3 is 0 Å². The molecule has 2 heteroatoms.